The van der Waals surface area contributed by atoms with Crippen LogP contribution in [0.4, 0.5) is 5.69 Å². The first kappa shape index (κ1) is 18.7. The normalized spacial score (nSPS) is 15.0. The first-order chi connectivity index (χ1) is 10.4. The van der Waals surface area contributed by atoms with Gasteiger partial charge in [-0.3, -0.25) is 0 Å². The van der Waals surface area contributed by atoms with Crippen molar-refractivity contribution in [3.8, 4) is 0 Å². The van der Waals surface area contributed by atoms with Crippen molar-refractivity contribution in [1.29, 1.82) is 0 Å². The Labute approximate surface area is 135 Å². The molecule has 2 unspecified atom stereocenters. The summed E-state index contributed by atoms with van der Waals surface area (Å²) in [6.07, 6.45) is 2.66. The molecule has 0 amide bonds. The van der Waals surface area contributed by atoms with Gasteiger partial charge in [0.2, 0.25) is 0 Å². The summed E-state index contributed by atoms with van der Waals surface area (Å²) in [5.41, 5.74) is 2.23. The third-order valence-corrected chi connectivity index (χ3v) is 3.78. The molecule has 0 aliphatic carbocycles. The monoisotopic (exact) mass is 305 g/mol. The van der Waals surface area contributed by atoms with Crippen LogP contribution in [-0.4, -0.2) is 35.5 Å². The molecule has 0 heterocycles. The Morgan fingerprint density at radius 1 is 1.09 bits per heavy atom. The summed E-state index contributed by atoms with van der Waals surface area (Å²) < 4.78 is 0. The Kier molecular flexibility index (Phi) is 8.21. The summed E-state index contributed by atoms with van der Waals surface area (Å²) in [7, 11) is 0. The van der Waals surface area contributed by atoms with Gasteiger partial charge in [0.1, 0.15) is 0 Å². The molecule has 0 spiro atoms. The molecule has 1 rings (SSSR count). The van der Waals surface area contributed by atoms with Crippen LogP contribution in [0, 0.1) is 5.92 Å². The number of para-hydroxylation sites is 1. The Morgan fingerprint density at radius 3 is 2.23 bits per heavy atom. The highest BCUT2D eigenvalue weighted by Gasteiger charge is 2.17. The molecule has 0 aliphatic rings. The van der Waals surface area contributed by atoms with Gasteiger partial charge in [-0.2, -0.15) is 0 Å². The van der Waals surface area contributed by atoms with Gasteiger partial charge in [0, 0.05) is 18.8 Å². The highest BCUT2D eigenvalue weighted by atomic mass is 16.3. The number of aliphatic hydroxyl groups is 2. The molecule has 22 heavy (non-hydrogen) atoms. The molecule has 124 valence electrons. The first-order valence-corrected chi connectivity index (χ1v) is 8.20. The van der Waals surface area contributed by atoms with Gasteiger partial charge in [-0.05, 0) is 44.7 Å². The van der Waals surface area contributed by atoms with Crippen molar-refractivity contribution in [2.75, 3.05) is 18.0 Å². The van der Waals surface area contributed by atoms with E-state index in [4.69, 9.17) is 0 Å². The lowest BCUT2D eigenvalue weighted by atomic mass is 10.0. The van der Waals surface area contributed by atoms with E-state index < -0.39 is 6.10 Å². The van der Waals surface area contributed by atoms with E-state index in [-0.39, 0.29) is 6.10 Å². The predicted octanol–water partition coefficient (Wildman–Crippen LogP) is 3.62. The van der Waals surface area contributed by atoms with Gasteiger partial charge >= 0.3 is 0 Å². The third kappa shape index (κ3) is 7.10. The zero-order valence-electron chi connectivity index (χ0n) is 14.4. The number of benzene rings is 1. The lowest BCUT2D eigenvalue weighted by Gasteiger charge is -2.30. The van der Waals surface area contributed by atoms with Crippen molar-refractivity contribution in [2.24, 2.45) is 5.92 Å². The molecule has 1 aromatic carbocycles. The SMILES string of the molecule is CC=C(C)CC(O)CN(CC(O)CC(C)C)c1ccccc1. The van der Waals surface area contributed by atoms with Gasteiger partial charge in [0.05, 0.1) is 12.2 Å². The lowest BCUT2D eigenvalue weighted by Crippen LogP contribution is -2.38. The average Bonchev–Trinajstić information content (AvgIpc) is 2.46. The van der Waals surface area contributed by atoms with Crippen molar-refractivity contribution in [3.05, 3.63) is 42.0 Å². The molecule has 0 bridgehead atoms. The van der Waals surface area contributed by atoms with E-state index in [0.29, 0.717) is 25.4 Å². The fourth-order valence-corrected chi connectivity index (χ4v) is 2.61. The fourth-order valence-electron chi connectivity index (χ4n) is 2.61. The molecule has 3 heteroatoms. The van der Waals surface area contributed by atoms with E-state index in [9.17, 15) is 10.2 Å². The topological polar surface area (TPSA) is 43.7 Å². The van der Waals surface area contributed by atoms with E-state index in [1.807, 2.05) is 50.3 Å². The zero-order valence-corrected chi connectivity index (χ0v) is 14.4. The van der Waals surface area contributed by atoms with Crippen LogP contribution in [0.25, 0.3) is 0 Å². The summed E-state index contributed by atoms with van der Waals surface area (Å²) in [5, 5.41) is 20.6. The van der Waals surface area contributed by atoms with E-state index >= 15 is 0 Å². The molecule has 1 aromatic rings. The Hall–Kier alpha value is -1.32. The highest BCUT2D eigenvalue weighted by molar-refractivity contribution is 5.46. The summed E-state index contributed by atoms with van der Waals surface area (Å²) in [6.45, 7) is 9.33. The minimum atomic E-state index is -0.428. The van der Waals surface area contributed by atoms with Crippen molar-refractivity contribution in [1.82, 2.24) is 0 Å². The van der Waals surface area contributed by atoms with Gasteiger partial charge in [0.25, 0.3) is 0 Å². The second-order valence-corrected chi connectivity index (χ2v) is 6.52. The number of hydrogen-bond donors (Lipinski definition) is 2. The van der Waals surface area contributed by atoms with Crippen LogP contribution in [0.1, 0.15) is 40.5 Å². The summed E-state index contributed by atoms with van der Waals surface area (Å²) in [4.78, 5) is 2.08. The van der Waals surface area contributed by atoms with E-state index in [0.717, 1.165) is 12.1 Å². The largest absolute Gasteiger partial charge is 0.391 e. The van der Waals surface area contributed by atoms with Crippen LogP contribution in [0.2, 0.25) is 0 Å². The standard InChI is InChI=1S/C19H31NO2/c1-5-16(4)12-19(22)14-20(13-18(21)11-15(2)3)17-9-7-6-8-10-17/h5-10,15,18-19,21-22H,11-14H2,1-4H3. The Bertz CT molecular complexity index is 442. The molecule has 0 aliphatic heterocycles. The molecular weight excluding hydrogens is 274 g/mol. The molecule has 2 N–H and O–H groups in total. The third-order valence-electron chi connectivity index (χ3n) is 3.78. The highest BCUT2D eigenvalue weighted by Crippen LogP contribution is 2.17. The van der Waals surface area contributed by atoms with Crippen LogP contribution >= 0.6 is 0 Å². The molecule has 0 saturated heterocycles. The van der Waals surface area contributed by atoms with Gasteiger partial charge in [0.15, 0.2) is 0 Å². The van der Waals surface area contributed by atoms with Gasteiger partial charge in [-0.1, -0.05) is 43.7 Å². The smallest absolute Gasteiger partial charge is 0.0751 e. The predicted molar refractivity (Wildman–Crippen MR) is 94.2 cm³/mol. The number of nitrogens with zero attached hydrogens (tertiary/aromatic N) is 1. The van der Waals surface area contributed by atoms with Gasteiger partial charge in [-0.25, -0.2) is 0 Å². The maximum absolute atomic E-state index is 10.3. The second-order valence-electron chi connectivity index (χ2n) is 6.52. The maximum atomic E-state index is 10.3. The Balaban J connectivity index is 2.74. The number of anilines is 1. The second kappa shape index (κ2) is 9.65. The fraction of sp³-hybridized carbons (Fsp3) is 0.579. The zero-order chi connectivity index (χ0) is 16.5. The average molecular weight is 305 g/mol. The lowest BCUT2D eigenvalue weighted by molar-refractivity contribution is 0.142. The van der Waals surface area contributed by atoms with E-state index in [1.54, 1.807) is 0 Å². The van der Waals surface area contributed by atoms with Crippen LogP contribution in [0.3, 0.4) is 0 Å². The first-order valence-electron chi connectivity index (χ1n) is 8.20. The number of allylic oxidation sites excluding steroid dienone is 1. The quantitative estimate of drug-likeness (QED) is 0.685. The van der Waals surface area contributed by atoms with Crippen molar-refractivity contribution < 1.29 is 10.2 Å². The Morgan fingerprint density at radius 2 is 1.68 bits per heavy atom. The van der Waals surface area contributed by atoms with E-state index in [1.165, 1.54) is 5.57 Å². The molecular formula is C19H31NO2. The summed E-state index contributed by atoms with van der Waals surface area (Å²) in [5.74, 6) is 0.461. The van der Waals surface area contributed by atoms with Gasteiger partial charge < -0.3 is 15.1 Å². The molecule has 0 saturated carbocycles. The summed E-state index contributed by atoms with van der Waals surface area (Å²) in [6, 6.07) is 10.0. The van der Waals surface area contributed by atoms with Gasteiger partial charge in [-0.15, -0.1) is 0 Å². The molecule has 2 atom stereocenters. The van der Waals surface area contributed by atoms with Crippen molar-refractivity contribution in [2.45, 2.75) is 52.7 Å². The minimum absolute atomic E-state index is 0.379. The van der Waals surface area contributed by atoms with E-state index in [2.05, 4.69) is 18.7 Å². The number of aliphatic hydroxyl groups excluding tert-OH is 2. The number of rotatable bonds is 9. The van der Waals surface area contributed by atoms with Crippen LogP contribution in [-0.2, 0) is 0 Å². The molecule has 0 radical (unpaired) electrons. The molecule has 0 fully saturated rings. The van der Waals surface area contributed by atoms with Crippen LogP contribution in [0.15, 0.2) is 42.0 Å². The minimum Gasteiger partial charge on any atom is -0.391 e. The van der Waals surface area contributed by atoms with Crippen molar-refractivity contribution in [3.63, 3.8) is 0 Å². The van der Waals surface area contributed by atoms with Crippen molar-refractivity contribution >= 4 is 5.69 Å². The molecule has 3 nitrogen and oxygen atoms in total. The van der Waals surface area contributed by atoms with Crippen LogP contribution < -0.4 is 4.90 Å². The maximum Gasteiger partial charge on any atom is 0.0751 e. The summed E-state index contributed by atoms with van der Waals surface area (Å²) >= 11 is 0. The van der Waals surface area contributed by atoms with Crippen LogP contribution in [0.5, 0.6) is 0 Å². The molecule has 0 aromatic heterocycles. The number of hydrogen-bond acceptors (Lipinski definition) is 3.